The van der Waals surface area contributed by atoms with Gasteiger partial charge in [-0.05, 0) is 57.2 Å². The summed E-state index contributed by atoms with van der Waals surface area (Å²) in [5.41, 5.74) is 7.42. The molecule has 1 aliphatic rings. The highest BCUT2D eigenvalue weighted by Crippen LogP contribution is 2.30. The third-order valence-corrected chi connectivity index (χ3v) is 6.77. The highest BCUT2D eigenvalue weighted by Gasteiger charge is 2.31. The minimum Gasteiger partial charge on any atom is -0.390 e. The number of anilines is 1. The SMILES string of the molecule is [2H]C1(NS(=O)(=O)c2ccc(C)c(-c3cnc4c(N)ncnn34)c2)CCC(C)(O)CC1. The van der Waals surface area contributed by atoms with Crippen molar-refractivity contribution in [2.75, 3.05) is 5.73 Å². The van der Waals surface area contributed by atoms with Crippen LogP contribution < -0.4 is 10.5 Å². The van der Waals surface area contributed by atoms with Crippen molar-refractivity contribution in [1.29, 1.82) is 0 Å². The van der Waals surface area contributed by atoms with Crippen LogP contribution in [0.15, 0.2) is 35.6 Å². The number of fused-ring (bicyclic) bond motifs is 1. The third kappa shape index (κ3) is 3.83. The first-order valence-corrected chi connectivity index (χ1v) is 10.8. The van der Waals surface area contributed by atoms with Gasteiger partial charge in [-0.15, -0.1) is 0 Å². The van der Waals surface area contributed by atoms with Crippen molar-refractivity contribution in [2.45, 2.75) is 56.0 Å². The average molecular weight is 418 g/mol. The van der Waals surface area contributed by atoms with Crippen LogP contribution in [0.2, 0.25) is 0 Å². The molecule has 9 nitrogen and oxygen atoms in total. The van der Waals surface area contributed by atoms with Crippen molar-refractivity contribution in [3.8, 4) is 11.3 Å². The van der Waals surface area contributed by atoms with Gasteiger partial charge in [-0.2, -0.15) is 5.10 Å². The van der Waals surface area contributed by atoms with E-state index in [1.54, 1.807) is 25.3 Å². The number of aryl methyl sites for hydroxylation is 1. The molecule has 4 rings (SSSR count). The molecule has 2 aromatic heterocycles. The van der Waals surface area contributed by atoms with Gasteiger partial charge in [-0.3, -0.25) is 0 Å². The van der Waals surface area contributed by atoms with Gasteiger partial charge in [0, 0.05) is 13.0 Å². The first-order valence-electron chi connectivity index (χ1n) is 9.81. The predicted octanol–water partition coefficient (Wildman–Crippen LogP) is 1.65. The fourth-order valence-electron chi connectivity index (χ4n) is 3.50. The van der Waals surface area contributed by atoms with E-state index >= 15 is 0 Å². The lowest BCUT2D eigenvalue weighted by Gasteiger charge is -2.33. The molecule has 2 heterocycles. The zero-order chi connectivity index (χ0) is 21.7. The lowest BCUT2D eigenvalue weighted by atomic mass is 9.84. The Balaban J connectivity index is 1.70. The van der Waals surface area contributed by atoms with Crippen molar-refractivity contribution >= 4 is 21.5 Å². The Labute approximate surface area is 170 Å². The molecule has 3 aromatic rings. The van der Waals surface area contributed by atoms with Crippen LogP contribution in [0.5, 0.6) is 0 Å². The molecule has 154 valence electrons. The van der Waals surface area contributed by atoms with Gasteiger partial charge in [0.1, 0.15) is 6.33 Å². The minimum absolute atomic E-state index is 0.0454. The number of hydrogen-bond donors (Lipinski definition) is 3. The first-order chi connectivity index (χ1) is 14.0. The second kappa shape index (κ2) is 7.05. The summed E-state index contributed by atoms with van der Waals surface area (Å²) in [5.74, 6) is 0.226. The van der Waals surface area contributed by atoms with E-state index in [4.69, 9.17) is 7.10 Å². The normalized spacial score (nSPS) is 25.8. The molecule has 0 spiro atoms. The molecule has 0 amide bonds. The Bertz CT molecular complexity index is 1210. The van der Waals surface area contributed by atoms with Gasteiger partial charge in [0.25, 0.3) is 0 Å². The number of hydrogen-bond acceptors (Lipinski definition) is 7. The Hall–Kier alpha value is -2.56. The lowest BCUT2D eigenvalue weighted by molar-refractivity contribution is 0.0163. The maximum absolute atomic E-state index is 13.1. The molecule has 0 aliphatic heterocycles. The molecule has 0 unspecified atom stereocenters. The first kappa shape index (κ1) is 18.5. The predicted molar refractivity (Wildman–Crippen MR) is 109 cm³/mol. The van der Waals surface area contributed by atoms with Gasteiger partial charge in [0.2, 0.25) is 10.0 Å². The van der Waals surface area contributed by atoms with Crippen molar-refractivity contribution in [3.05, 3.63) is 36.3 Å². The number of imidazole rings is 1. The van der Waals surface area contributed by atoms with E-state index in [1.807, 2.05) is 6.92 Å². The molecule has 1 aromatic carbocycles. The van der Waals surface area contributed by atoms with Crippen LogP contribution in [0.3, 0.4) is 0 Å². The molecule has 0 radical (unpaired) electrons. The maximum Gasteiger partial charge on any atom is 0.240 e. The summed E-state index contributed by atoms with van der Waals surface area (Å²) in [5, 5.41) is 14.3. The lowest BCUT2D eigenvalue weighted by Crippen LogP contribution is -2.42. The van der Waals surface area contributed by atoms with Gasteiger partial charge in [-0.1, -0.05) is 6.07 Å². The van der Waals surface area contributed by atoms with Crippen LogP contribution >= 0.6 is 0 Å². The topological polar surface area (TPSA) is 136 Å². The number of aromatic nitrogens is 4. The third-order valence-electron chi connectivity index (χ3n) is 5.34. The highest BCUT2D eigenvalue weighted by molar-refractivity contribution is 7.89. The number of nitrogens with two attached hydrogens (primary N) is 1. The van der Waals surface area contributed by atoms with E-state index in [9.17, 15) is 13.5 Å². The molecular weight excluding hydrogens is 392 g/mol. The van der Waals surface area contributed by atoms with E-state index in [0.717, 1.165) is 5.56 Å². The standard InChI is InChI=1S/C19H24N6O3S/c1-12-3-4-14(29(27,28)24-13-5-7-19(2,26)8-6-13)9-15(12)16-10-21-18-17(20)22-11-23-25(16)18/h3-4,9-11,13,24,26H,5-8H2,1-2H3,(H2,20,22,23)/i13D. The molecule has 0 atom stereocenters. The van der Waals surface area contributed by atoms with Crippen molar-refractivity contribution in [3.63, 3.8) is 0 Å². The van der Waals surface area contributed by atoms with Crippen molar-refractivity contribution < 1.29 is 14.9 Å². The Morgan fingerprint density at radius 1 is 1.34 bits per heavy atom. The largest absolute Gasteiger partial charge is 0.390 e. The molecule has 0 bridgehead atoms. The molecule has 0 saturated heterocycles. The highest BCUT2D eigenvalue weighted by atomic mass is 32.2. The zero-order valence-corrected chi connectivity index (χ0v) is 17.1. The van der Waals surface area contributed by atoms with Crippen LogP contribution in [0, 0.1) is 6.92 Å². The summed E-state index contributed by atoms with van der Waals surface area (Å²) < 4.78 is 38.7. The van der Waals surface area contributed by atoms with Crippen LogP contribution in [-0.4, -0.2) is 44.7 Å². The number of nitrogen functional groups attached to an aromatic ring is 1. The Kier molecular flexibility index (Phi) is 4.49. The molecule has 1 aliphatic carbocycles. The minimum atomic E-state index is -3.95. The number of sulfonamides is 1. The second-order valence-electron chi connectivity index (χ2n) is 7.71. The summed E-state index contributed by atoms with van der Waals surface area (Å²) in [6, 6.07) is 3.41. The summed E-state index contributed by atoms with van der Waals surface area (Å²) in [6.45, 7) is 3.57. The molecule has 29 heavy (non-hydrogen) atoms. The van der Waals surface area contributed by atoms with E-state index in [0.29, 0.717) is 29.7 Å². The van der Waals surface area contributed by atoms with E-state index in [2.05, 4.69) is 19.8 Å². The summed E-state index contributed by atoms with van der Waals surface area (Å²) in [6.07, 6.45) is 4.08. The van der Waals surface area contributed by atoms with Gasteiger partial charge in [0.05, 0.1) is 22.4 Å². The van der Waals surface area contributed by atoms with E-state index < -0.39 is 21.6 Å². The Morgan fingerprint density at radius 3 is 2.79 bits per heavy atom. The van der Waals surface area contributed by atoms with Crippen LogP contribution in [-0.2, 0) is 10.0 Å². The summed E-state index contributed by atoms with van der Waals surface area (Å²) in [4.78, 5) is 8.20. The summed E-state index contributed by atoms with van der Waals surface area (Å²) >= 11 is 0. The van der Waals surface area contributed by atoms with Crippen LogP contribution in [0.1, 0.15) is 39.5 Å². The number of rotatable bonds is 4. The summed E-state index contributed by atoms with van der Waals surface area (Å²) in [7, 11) is -3.95. The van der Waals surface area contributed by atoms with Crippen LogP contribution in [0.25, 0.3) is 16.9 Å². The fraction of sp³-hybridized carbons (Fsp3) is 0.421. The number of aliphatic hydroxyl groups is 1. The maximum atomic E-state index is 13.1. The number of nitrogens with zero attached hydrogens (tertiary/aromatic N) is 4. The van der Waals surface area contributed by atoms with Crippen molar-refractivity contribution in [2.24, 2.45) is 0 Å². The second-order valence-corrected chi connectivity index (χ2v) is 9.39. The number of nitrogens with one attached hydrogen (secondary N) is 1. The number of benzene rings is 1. The van der Waals surface area contributed by atoms with Gasteiger partial charge in [0.15, 0.2) is 11.5 Å². The monoisotopic (exact) mass is 417 g/mol. The smallest absolute Gasteiger partial charge is 0.240 e. The molecule has 4 N–H and O–H groups in total. The fourth-order valence-corrected chi connectivity index (χ4v) is 4.73. The molecule has 1 saturated carbocycles. The van der Waals surface area contributed by atoms with Crippen molar-refractivity contribution in [1.82, 2.24) is 24.3 Å². The van der Waals surface area contributed by atoms with E-state index in [-0.39, 0.29) is 23.6 Å². The van der Waals surface area contributed by atoms with E-state index in [1.165, 1.54) is 16.9 Å². The van der Waals surface area contributed by atoms with Gasteiger partial charge >= 0.3 is 0 Å². The molecule has 1 fully saturated rings. The average Bonchev–Trinajstić information content (AvgIpc) is 3.10. The Morgan fingerprint density at radius 2 is 2.07 bits per heavy atom. The molecular formula is C19H24N6O3S. The van der Waals surface area contributed by atoms with Gasteiger partial charge in [-0.25, -0.2) is 27.6 Å². The van der Waals surface area contributed by atoms with Gasteiger partial charge < -0.3 is 10.8 Å². The zero-order valence-electron chi connectivity index (χ0n) is 17.3. The quantitative estimate of drug-likeness (QED) is 0.587. The molecule has 10 heteroatoms. The van der Waals surface area contributed by atoms with Crippen LogP contribution in [0.4, 0.5) is 5.82 Å².